The summed E-state index contributed by atoms with van der Waals surface area (Å²) >= 11 is 5.04. The van der Waals surface area contributed by atoms with Crippen molar-refractivity contribution in [2.45, 2.75) is 25.4 Å². The number of nitro groups is 1. The maximum absolute atomic E-state index is 11.5. The number of thiocarbonyl (C=S) groups is 1. The fourth-order valence-corrected chi connectivity index (χ4v) is 1.70. The van der Waals surface area contributed by atoms with E-state index in [1.807, 2.05) is 0 Å². The SMILES string of the molecule is O=[N+]([O-])c1ccc([O-])c(CNC(=S)NC2CC2)c1. The van der Waals surface area contributed by atoms with Gasteiger partial charge in [0, 0.05) is 24.7 Å². The lowest BCUT2D eigenvalue weighted by molar-refractivity contribution is -0.385. The van der Waals surface area contributed by atoms with Crippen molar-refractivity contribution in [1.82, 2.24) is 10.6 Å². The Balaban J connectivity index is 1.96. The maximum Gasteiger partial charge on any atom is 0.269 e. The molecule has 1 aromatic rings. The molecule has 0 bridgehead atoms. The summed E-state index contributed by atoms with van der Waals surface area (Å²) in [5.74, 6) is -0.234. The van der Waals surface area contributed by atoms with Crippen LogP contribution < -0.4 is 15.7 Å². The van der Waals surface area contributed by atoms with Crippen LogP contribution in [-0.2, 0) is 6.54 Å². The third-order valence-corrected chi connectivity index (χ3v) is 2.87. The Kier molecular flexibility index (Phi) is 3.61. The van der Waals surface area contributed by atoms with Crippen LogP contribution in [-0.4, -0.2) is 16.1 Å². The molecule has 96 valence electrons. The summed E-state index contributed by atoms with van der Waals surface area (Å²) in [4.78, 5) is 10.1. The quantitative estimate of drug-likeness (QED) is 0.476. The van der Waals surface area contributed by atoms with E-state index in [0.29, 0.717) is 16.7 Å². The summed E-state index contributed by atoms with van der Waals surface area (Å²) in [7, 11) is 0. The fourth-order valence-electron chi connectivity index (χ4n) is 1.46. The van der Waals surface area contributed by atoms with E-state index in [1.54, 1.807) is 0 Å². The van der Waals surface area contributed by atoms with Crippen molar-refractivity contribution in [2.75, 3.05) is 0 Å². The minimum Gasteiger partial charge on any atom is -0.872 e. The average molecular weight is 266 g/mol. The van der Waals surface area contributed by atoms with E-state index >= 15 is 0 Å². The summed E-state index contributed by atoms with van der Waals surface area (Å²) < 4.78 is 0. The predicted molar refractivity (Wildman–Crippen MR) is 68.1 cm³/mol. The highest BCUT2D eigenvalue weighted by molar-refractivity contribution is 7.80. The summed E-state index contributed by atoms with van der Waals surface area (Å²) in [6.07, 6.45) is 2.21. The molecule has 1 aliphatic rings. The number of rotatable bonds is 4. The van der Waals surface area contributed by atoms with Crippen LogP contribution in [0, 0.1) is 10.1 Å². The summed E-state index contributed by atoms with van der Waals surface area (Å²) in [5.41, 5.74) is 0.247. The highest BCUT2D eigenvalue weighted by atomic mass is 32.1. The van der Waals surface area contributed by atoms with Crippen molar-refractivity contribution in [3.63, 3.8) is 0 Å². The van der Waals surface area contributed by atoms with Crippen molar-refractivity contribution >= 4 is 23.0 Å². The molecule has 0 aliphatic heterocycles. The third kappa shape index (κ3) is 3.30. The first-order valence-electron chi connectivity index (χ1n) is 5.55. The van der Waals surface area contributed by atoms with Gasteiger partial charge in [-0.1, -0.05) is 6.07 Å². The Labute approximate surface area is 109 Å². The van der Waals surface area contributed by atoms with Gasteiger partial charge in [-0.05, 0) is 30.6 Å². The molecule has 1 saturated carbocycles. The van der Waals surface area contributed by atoms with Crippen molar-refractivity contribution in [3.05, 3.63) is 33.9 Å². The van der Waals surface area contributed by atoms with Crippen LogP contribution in [0.25, 0.3) is 0 Å². The van der Waals surface area contributed by atoms with Gasteiger partial charge in [0.25, 0.3) is 5.69 Å². The Morgan fingerprint density at radius 1 is 1.50 bits per heavy atom. The van der Waals surface area contributed by atoms with Gasteiger partial charge >= 0.3 is 0 Å². The Bertz CT molecular complexity index is 488. The average Bonchev–Trinajstić information content (AvgIpc) is 3.11. The van der Waals surface area contributed by atoms with E-state index < -0.39 is 4.92 Å². The Morgan fingerprint density at radius 2 is 2.22 bits per heavy atom. The van der Waals surface area contributed by atoms with Gasteiger partial charge in [-0.15, -0.1) is 5.75 Å². The zero-order valence-corrected chi connectivity index (χ0v) is 10.3. The van der Waals surface area contributed by atoms with Crippen LogP contribution in [0.2, 0.25) is 0 Å². The van der Waals surface area contributed by atoms with E-state index in [-0.39, 0.29) is 18.0 Å². The lowest BCUT2D eigenvalue weighted by atomic mass is 10.2. The molecule has 0 aromatic heterocycles. The zero-order valence-electron chi connectivity index (χ0n) is 9.51. The molecule has 2 N–H and O–H groups in total. The largest absolute Gasteiger partial charge is 0.872 e. The van der Waals surface area contributed by atoms with E-state index in [2.05, 4.69) is 10.6 Å². The molecule has 1 fully saturated rings. The predicted octanol–water partition coefficient (Wildman–Crippen LogP) is 0.795. The van der Waals surface area contributed by atoms with Gasteiger partial charge in [0.2, 0.25) is 0 Å². The van der Waals surface area contributed by atoms with Crippen LogP contribution in [0.5, 0.6) is 5.75 Å². The van der Waals surface area contributed by atoms with Gasteiger partial charge in [0.05, 0.1) is 4.92 Å². The smallest absolute Gasteiger partial charge is 0.269 e. The molecule has 0 unspecified atom stereocenters. The van der Waals surface area contributed by atoms with Gasteiger partial charge in [-0.2, -0.15) is 0 Å². The first-order chi connectivity index (χ1) is 8.56. The minimum atomic E-state index is -0.524. The second-order valence-electron chi connectivity index (χ2n) is 4.15. The van der Waals surface area contributed by atoms with Gasteiger partial charge in [-0.3, -0.25) is 10.1 Å². The topological polar surface area (TPSA) is 90.3 Å². The molecule has 0 amide bonds. The van der Waals surface area contributed by atoms with Crippen molar-refractivity contribution in [2.24, 2.45) is 0 Å². The summed E-state index contributed by atoms with van der Waals surface area (Å²) in [6, 6.07) is 4.11. The number of benzene rings is 1. The van der Waals surface area contributed by atoms with Crippen LogP contribution in [0.4, 0.5) is 5.69 Å². The van der Waals surface area contributed by atoms with E-state index in [1.165, 1.54) is 18.2 Å². The summed E-state index contributed by atoms with van der Waals surface area (Å²) in [6.45, 7) is 0.194. The maximum atomic E-state index is 11.5. The molecular formula is C11H12N3O3S-. The van der Waals surface area contributed by atoms with Crippen molar-refractivity contribution in [3.8, 4) is 5.75 Å². The molecule has 0 atom stereocenters. The second-order valence-corrected chi connectivity index (χ2v) is 4.56. The van der Waals surface area contributed by atoms with E-state index in [9.17, 15) is 15.2 Å². The van der Waals surface area contributed by atoms with Gasteiger partial charge in [0.1, 0.15) is 0 Å². The molecule has 0 saturated heterocycles. The second kappa shape index (κ2) is 5.18. The first-order valence-corrected chi connectivity index (χ1v) is 5.96. The number of nitro benzene ring substituents is 1. The molecule has 0 radical (unpaired) electrons. The monoisotopic (exact) mass is 266 g/mol. The minimum absolute atomic E-state index is 0.0903. The molecule has 1 aliphatic carbocycles. The first kappa shape index (κ1) is 12.6. The van der Waals surface area contributed by atoms with E-state index in [0.717, 1.165) is 12.8 Å². The number of non-ortho nitro benzene ring substituents is 1. The lowest BCUT2D eigenvalue weighted by Gasteiger charge is -2.15. The zero-order chi connectivity index (χ0) is 13.1. The summed E-state index contributed by atoms with van der Waals surface area (Å²) in [5, 5.41) is 28.5. The molecule has 6 nitrogen and oxygen atoms in total. The molecule has 0 heterocycles. The molecule has 7 heteroatoms. The van der Waals surface area contributed by atoms with Crippen LogP contribution in [0.3, 0.4) is 0 Å². The van der Waals surface area contributed by atoms with Crippen LogP contribution >= 0.6 is 12.2 Å². The molecule has 0 spiro atoms. The number of nitrogens with one attached hydrogen (secondary N) is 2. The third-order valence-electron chi connectivity index (χ3n) is 2.61. The molecular weight excluding hydrogens is 254 g/mol. The molecule has 18 heavy (non-hydrogen) atoms. The van der Waals surface area contributed by atoms with Crippen molar-refractivity contribution < 1.29 is 10.0 Å². The lowest BCUT2D eigenvalue weighted by Crippen LogP contribution is -2.36. The highest BCUT2D eigenvalue weighted by Gasteiger charge is 2.21. The number of hydrogen-bond acceptors (Lipinski definition) is 4. The van der Waals surface area contributed by atoms with Gasteiger partial charge in [-0.25, -0.2) is 0 Å². The number of hydrogen-bond donors (Lipinski definition) is 2. The van der Waals surface area contributed by atoms with Crippen LogP contribution in [0.15, 0.2) is 18.2 Å². The Hall–Kier alpha value is -1.89. The molecule has 2 rings (SSSR count). The molecule has 1 aromatic carbocycles. The van der Waals surface area contributed by atoms with Crippen LogP contribution in [0.1, 0.15) is 18.4 Å². The number of nitrogens with zero attached hydrogens (tertiary/aromatic N) is 1. The standard InChI is InChI=1S/C11H13N3O3S/c15-10-4-3-9(14(16)17)5-7(10)6-12-11(18)13-8-1-2-8/h3-5,8,15H,1-2,6H2,(H2,12,13,18)/p-1. The normalized spacial score (nSPS) is 14.0. The Morgan fingerprint density at radius 3 is 2.83 bits per heavy atom. The van der Waals surface area contributed by atoms with Gasteiger partial charge in [0.15, 0.2) is 5.11 Å². The van der Waals surface area contributed by atoms with E-state index in [4.69, 9.17) is 12.2 Å². The van der Waals surface area contributed by atoms with Gasteiger partial charge < -0.3 is 15.7 Å². The highest BCUT2D eigenvalue weighted by Crippen LogP contribution is 2.21. The fraction of sp³-hybridized carbons (Fsp3) is 0.364. The van der Waals surface area contributed by atoms with Crippen molar-refractivity contribution in [1.29, 1.82) is 0 Å².